The number of sulfonamides is 1. The Bertz CT molecular complexity index is 722. The molecule has 1 atom stereocenters. The standard InChI is InChI=1S/C19H26N2O2S2/c22-25(23,16-17-8-4-3-5-9-17)20-14-19(18-10-13-24-15-18)21-11-6-1-2-7-12-21/h3-5,8-10,13,15,19-20H,1-2,6-7,11-12,14,16H2. The van der Waals surface area contributed by atoms with Crippen LogP contribution in [0, 0.1) is 0 Å². The van der Waals surface area contributed by atoms with Gasteiger partial charge in [0.25, 0.3) is 0 Å². The van der Waals surface area contributed by atoms with Crippen LogP contribution in [0.5, 0.6) is 0 Å². The first kappa shape index (κ1) is 18.6. The molecule has 1 aromatic heterocycles. The van der Waals surface area contributed by atoms with Crippen molar-refractivity contribution in [2.75, 3.05) is 19.6 Å². The molecule has 0 amide bonds. The summed E-state index contributed by atoms with van der Waals surface area (Å²) >= 11 is 1.67. The van der Waals surface area contributed by atoms with Crippen LogP contribution in [-0.4, -0.2) is 33.0 Å². The second-order valence-electron chi connectivity index (χ2n) is 6.62. The molecule has 1 saturated heterocycles. The zero-order valence-corrected chi connectivity index (χ0v) is 16.1. The fraction of sp³-hybridized carbons (Fsp3) is 0.474. The lowest BCUT2D eigenvalue weighted by Gasteiger charge is -2.30. The second kappa shape index (κ2) is 8.94. The van der Waals surface area contributed by atoms with Gasteiger partial charge in [-0.1, -0.05) is 43.2 Å². The van der Waals surface area contributed by atoms with E-state index in [1.807, 2.05) is 30.3 Å². The summed E-state index contributed by atoms with van der Waals surface area (Å²) in [6, 6.07) is 11.6. The number of rotatable bonds is 7. The number of hydrogen-bond acceptors (Lipinski definition) is 4. The van der Waals surface area contributed by atoms with Crippen LogP contribution in [0.3, 0.4) is 0 Å². The molecule has 3 rings (SSSR count). The SMILES string of the molecule is O=S(=O)(Cc1ccccc1)NCC(c1ccsc1)N1CCCCCC1. The Morgan fingerprint density at radius 3 is 2.40 bits per heavy atom. The van der Waals surface area contributed by atoms with Crippen LogP contribution in [0.2, 0.25) is 0 Å². The zero-order valence-electron chi connectivity index (χ0n) is 14.4. The van der Waals surface area contributed by atoms with E-state index in [9.17, 15) is 8.42 Å². The molecule has 4 nitrogen and oxygen atoms in total. The molecule has 0 spiro atoms. The topological polar surface area (TPSA) is 49.4 Å². The van der Waals surface area contributed by atoms with Crippen LogP contribution in [0.25, 0.3) is 0 Å². The number of thiophene rings is 1. The van der Waals surface area contributed by atoms with Gasteiger partial charge >= 0.3 is 0 Å². The van der Waals surface area contributed by atoms with Crippen LogP contribution >= 0.6 is 11.3 Å². The van der Waals surface area contributed by atoms with E-state index in [0.29, 0.717) is 6.54 Å². The van der Waals surface area contributed by atoms with E-state index in [-0.39, 0.29) is 11.8 Å². The predicted molar refractivity (Wildman–Crippen MR) is 104 cm³/mol. The van der Waals surface area contributed by atoms with E-state index in [1.54, 1.807) is 11.3 Å². The maximum absolute atomic E-state index is 12.5. The molecule has 2 heterocycles. The van der Waals surface area contributed by atoms with Gasteiger partial charge in [-0.25, -0.2) is 13.1 Å². The molecule has 1 aromatic carbocycles. The van der Waals surface area contributed by atoms with E-state index < -0.39 is 10.0 Å². The average Bonchev–Trinajstić information content (AvgIpc) is 2.98. The highest BCUT2D eigenvalue weighted by molar-refractivity contribution is 7.88. The summed E-state index contributed by atoms with van der Waals surface area (Å²) < 4.78 is 27.8. The van der Waals surface area contributed by atoms with Gasteiger partial charge in [0.2, 0.25) is 10.0 Å². The maximum Gasteiger partial charge on any atom is 0.215 e. The van der Waals surface area contributed by atoms with Crippen LogP contribution in [0.1, 0.15) is 42.9 Å². The van der Waals surface area contributed by atoms with E-state index in [0.717, 1.165) is 18.7 Å². The molecule has 0 aliphatic carbocycles. The minimum Gasteiger partial charge on any atom is -0.295 e. The fourth-order valence-corrected chi connectivity index (χ4v) is 5.23. The van der Waals surface area contributed by atoms with Crippen LogP contribution in [0.15, 0.2) is 47.2 Å². The third-order valence-corrected chi connectivity index (χ3v) is 6.73. The molecule has 1 aliphatic rings. The first-order chi connectivity index (χ1) is 12.1. The van der Waals surface area contributed by atoms with Crippen molar-refractivity contribution in [3.05, 3.63) is 58.3 Å². The zero-order chi connectivity index (χ0) is 17.5. The second-order valence-corrected chi connectivity index (χ2v) is 9.20. The lowest BCUT2D eigenvalue weighted by molar-refractivity contribution is 0.206. The normalized spacial score (nSPS) is 17.9. The van der Waals surface area contributed by atoms with Gasteiger partial charge in [-0.15, -0.1) is 0 Å². The molecule has 1 fully saturated rings. The molecule has 136 valence electrons. The minimum absolute atomic E-state index is 0.0319. The Hall–Kier alpha value is -1.21. The van der Waals surface area contributed by atoms with E-state index >= 15 is 0 Å². The minimum atomic E-state index is -3.34. The van der Waals surface area contributed by atoms with Crippen LogP contribution in [0.4, 0.5) is 0 Å². The fourth-order valence-electron chi connectivity index (χ4n) is 3.38. The van der Waals surface area contributed by atoms with Crippen molar-refractivity contribution in [2.24, 2.45) is 0 Å². The van der Waals surface area contributed by atoms with E-state index in [4.69, 9.17) is 0 Å². The van der Waals surface area contributed by atoms with Gasteiger partial charge in [0, 0.05) is 12.6 Å². The van der Waals surface area contributed by atoms with Gasteiger partial charge in [0.1, 0.15) is 0 Å². The largest absolute Gasteiger partial charge is 0.295 e. The van der Waals surface area contributed by atoms with E-state index in [2.05, 4.69) is 26.4 Å². The third kappa shape index (κ3) is 5.64. The lowest BCUT2D eigenvalue weighted by Crippen LogP contribution is -2.38. The molecular formula is C19H26N2O2S2. The quantitative estimate of drug-likeness (QED) is 0.797. The van der Waals surface area contributed by atoms with Crippen molar-refractivity contribution in [3.8, 4) is 0 Å². The summed E-state index contributed by atoms with van der Waals surface area (Å²) in [5.41, 5.74) is 2.03. The highest BCUT2D eigenvalue weighted by atomic mass is 32.2. The Morgan fingerprint density at radius 1 is 1.04 bits per heavy atom. The molecular weight excluding hydrogens is 352 g/mol. The summed E-state index contributed by atoms with van der Waals surface area (Å²) in [6.07, 6.45) is 4.92. The van der Waals surface area contributed by atoms with Gasteiger partial charge < -0.3 is 0 Å². The lowest BCUT2D eigenvalue weighted by atomic mass is 10.1. The number of hydrogen-bond donors (Lipinski definition) is 1. The van der Waals surface area contributed by atoms with Gasteiger partial charge in [-0.2, -0.15) is 11.3 Å². The molecule has 6 heteroatoms. The Balaban J connectivity index is 1.67. The Labute approximate surface area is 154 Å². The van der Waals surface area contributed by atoms with Crippen molar-refractivity contribution < 1.29 is 8.42 Å². The molecule has 25 heavy (non-hydrogen) atoms. The van der Waals surface area contributed by atoms with Gasteiger partial charge in [0.15, 0.2) is 0 Å². The monoisotopic (exact) mass is 378 g/mol. The summed E-state index contributed by atoms with van der Waals surface area (Å²) in [5.74, 6) is 0.0319. The Morgan fingerprint density at radius 2 is 1.76 bits per heavy atom. The maximum atomic E-state index is 12.5. The summed E-state index contributed by atoms with van der Waals surface area (Å²) in [4.78, 5) is 2.44. The highest BCUT2D eigenvalue weighted by Gasteiger charge is 2.24. The third-order valence-electron chi connectivity index (χ3n) is 4.71. The molecule has 0 bridgehead atoms. The molecule has 1 unspecified atom stereocenters. The highest BCUT2D eigenvalue weighted by Crippen LogP contribution is 2.25. The van der Waals surface area contributed by atoms with Crippen LogP contribution in [-0.2, 0) is 15.8 Å². The van der Waals surface area contributed by atoms with Crippen molar-refractivity contribution in [2.45, 2.75) is 37.5 Å². The average molecular weight is 379 g/mol. The number of likely N-dealkylation sites (tertiary alicyclic amines) is 1. The van der Waals surface area contributed by atoms with Crippen molar-refractivity contribution in [3.63, 3.8) is 0 Å². The van der Waals surface area contributed by atoms with Gasteiger partial charge in [-0.05, 0) is 53.9 Å². The first-order valence-corrected chi connectivity index (χ1v) is 11.5. The molecule has 1 N–H and O–H groups in total. The van der Waals surface area contributed by atoms with Crippen LogP contribution < -0.4 is 4.72 Å². The molecule has 1 aliphatic heterocycles. The number of nitrogens with zero attached hydrogens (tertiary/aromatic N) is 1. The molecule has 0 radical (unpaired) electrons. The van der Waals surface area contributed by atoms with Crippen molar-refractivity contribution in [1.82, 2.24) is 9.62 Å². The number of nitrogens with one attached hydrogen (secondary N) is 1. The van der Waals surface area contributed by atoms with Gasteiger partial charge in [0.05, 0.1) is 5.75 Å². The smallest absolute Gasteiger partial charge is 0.215 e. The summed E-state index contributed by atoms with van der Waals surface area (Å²) in [7, 11) is -3.34. The van der Waals surface area contributed by atoms with Crippen molar-refractivity contribution >= 4 is 21.4 Å². The number of benzene rings is 1. The van der Waals surface area contributed by atoms with Crippen molar-refractivity contribution in [1.29, 1.82) is 0 Å². The Kier molecular flexibility index (Phi) is 6.64. The summed E-state index contributed by atoms with van der Waals surface area (Å²) in [5, 5.41) is 4.21. The van der Waals surface area contributed by atoms with Gasteiger partial charge in [-0.3, -0.25) is 4.90 Å². The first-order valence-electron chi connectivity index (χ1n) is 8.91. The molecule has 2 aromatic rings. The molecule has 0 saturated carbocycles. The predicted octanol–water partition coefficient (Wildman–Crippen LogP) is 3.78. The van der Waals surface area contributed by atoms with E-state index in [1.165, 1.54) is 31.2 Å². The summed E-state index contributed by atoms with van der Waals surface area (Å²) in [6.45, 7) is 2.52.